The van der Waals surface area contributed by atoms with E-state index in [2.05, 4.69) is 5.32 Å². The molecule has 0 radical (unpaired) electrons. The molecule has 208 valence electrons. The van der Waals surface area contributed by atoms with Crippen molar-refractivity contribution in [2.24, 2.45) is 0 Å². The zero-order valence-corrected chi connectivity index (χ0v) is 24.2. The highest BCUT2D eigenvalue weighted by molar-refractivity contribution is 7.92. The van der Waals surface area contributed by atoms with Crippen molar-refractivity contribution in [2.45, 2.75) is 51.6 Å². The predicted octanol–water partition coefficient (Wildman–Crippen LogP) is 4.37. The number of hydrogen-bond donors (Lipinski definition) is 1. The van der Waals surface area contributed by atoms with Gasteiger partial charge in [0.2, 0.25) is 11.8 Å². The molecule has 0 aliphatic rings. The van der Waals surface area contributed by atoms with Crippen molar-refractivity contribution in [2.75, 3.05) is 25.0 Å². The van der Waals surface area contributed by atoms with Gasteiger partial charge >= 0.3 is 0 Å². The molecule has 0 heterocycles. The Kier molecular flexibility index (Phi) is 9.75. The van der Waals surface area contributed by atoms with Crippen molar-refractivity contribution < 1.29 is 22.7 Å². The van der Waals surface area contributed by atoms with Crippen LogP contribution in [0.5, 0.6) is 5.75 Å². The Morgan fingerprint density at radius 2 is 1.59 bits per heavy atom. The minimum Gasteiger partial charge on any atom is -0.497 e. The summed E-state index contributed by atoms with van der Waals surface area (Å²) in [5.41, 5.74) is 3.77. The number of carbonyl (C=O) groups excluding carboxylic acids is 2. The van der Waals surface area contributed by atoms with Gasteiger partial charge < -0.3 is 15.0 Å². The quantitative estimate of drug-likeness (QED) is 0.382. The molecule has 8 nitrogen and oxygen atoms in total. The van der Waals surface area contributed by atoms with E-state index in [1.807, 2.05) is 45.9 Å². The first-order valence-electron chi connectivity index (χ1n) is 12.8. The van der Waals surface area contributed by atoms with Crippen molar-refractivity contribution in [1.29, 1.82) is 0 Å². The summed E-state index contributed by atoms with van der Waals surface area (Å²) in [5, 5.41) is 2.63. The lowest BCUT2D eigenvalue weighted by atomic mass is 10.1. The van der Waals surface area contributed by atoms with Crippen LogP contribution in [0.4, 0.5) is 5.69 Å². The summed E-state index contributed by atoms with van der Waals surface area (Å²) in [4.78, 5) is 28.4. The van der Waals surface area contributed by atoms with E-state index in [4.69, 9.17) is 4.74 Å². The zero-order chi connectivity index (χ0) is 28.7. The Balaban J connectivity index is 2.09. The highest BCUT2D eigenvalue weighted by Gasteiger charge is 2.34. The van der Waals surface area contributed by atoms with Crippen LogP contribution >= 0.6 is 0 Å². The molecule has 9 heteroatoms. The van der Waals surface area contributed by atoms with Gasteiger partial charge in [0.15, 0.2) is 0 Å². The first-order valence-corrected chi connectivity index (χ1v) is 14.3. The number of anilines is 1. The highest BCUT2D eigenvalue weighted by Crippen LogP contribution is 2.29. The number of amides is 2. The third kappa shape index (κ3) is 6.78. The van der Waals surface area contributed by atoms with E-state index in [1.165, 1.54) is 11.9 Å². The molecule has 3 aromatic carbocycles. The summed E-state index contributed by atoms with van der Waals surface area (Å²) in [6.45, 7) is 7.08. The third-order valence-electron chi connectivity index (χ3n) is 6.88. The molecule has 0 unspecified atom stereocenters. The summed E-state index contributed by atoms with van der Waals surface area (Å²) in [6, 6.07) is 18.3. The molecule has 0 aliphatic carbocycles. The van der Waals surface area contributed by atoms with E-state index in [1.54, 1.807) is 55.6 Å². The van der Waals surface area contributed by atoms with Crippen molar-refractivity contribution in [3.8, 4) is 5.75 Å². The van der Waals surface area contributed by atoms with Gasteiger partial charge in [0.25, 0.3) is 10.0 Å². The monoisotopic (exact) mass is 551 g/mol. The molecule has 1 N–H and O–H groups in total. The summed E-state index contributed by atoms with van der Waals surface area (Å²) in [6.07, 6.45) is 0.357. The summed E-state index contributed by atoms with van der Waals surface area (Å²) in [5.74, 6) is -0.142. The van der Waals surface area contributed by atoms with Gasteiger partial charge in [-0.3, -0.25) is 13.9 Å². The van der Waals surface area contributed by atoms with Gasteiger partial charge in [-0.15, -0.1) is 0 Å². The topological polar surface area (TPSA) is 96.0 Å². The standard InChI is InChI=1S/C30H37N3O5S/c1-7-27(30(35)31-5)32(19-24-13-15-25(38-6)16-14-24)29(34)20-33(28-10-8-9-22(3)23(28)4)39(36,37)26-17-11-21(2)12-18-26/h8-18,27H,7,19-20H2,1-6H3,(H,31,35)/t27-/m0/s1. The van der Waals surface area contributed by atoms with Crippen LogP contribution in [0.25, 0.3) is 0 Å². The van der Waals surface area contributed by atoms with Crippen LogP contribution in [-0.4, -0.2) is 51.9 Å². The molecule has 39 heavy (non-hydrogen) atoms. The van der Waals surface area contributed by atoms with E-state index in [0.29, 0.717) is 17.9 Å². The first-order chi connectivity index (χ1) is 18.5. The van der Waals surface area contributed by atoms with E-state index in [0.717, 1.165) is 26.6 Å². The molecule has 0 saturated carbocycles. The maximum Gasteiger partial charge on any atom is 0.264 e. The average molecular weight is 552 g/mol. The minimum absolute atomic E-state index is 0.0850. The van der Waals surface area contributed by atoms with E-state index in [-0.39, 0.29) is 17.3 Å². The summed E-state index contributed by atoms with van der Waals surface area (Å²) in [7, 11) is -1.02. The minimum atomic E-state index is -4.11. The van der Waals surface area contributed by atoms with Crippen LogP contribution in [-0.2, 0) is 26.2 Å². The molecule has 0 spiro atoms. The highest BCUT2D eigenvalue weighted by atomic mass is 32.2. The summed E-state index contributed by atoms with van der Waals surface area (Å²) < 4.78 is 34.4. The van der Waals surface area contributed by atoms with Gasteiger partial charge in [-0.1, -0.05) is 48.9 Å². The number of nitrogens with zero attached hydrogens (tertiary/aromatic N) is 2. The zero-order valence-electron chi connectivity index (χ0n) is 23.4. The number of sulfonamides is 1. The van der Waals surface area contributed by atoms with Crippen LogP contribution < -0.4 is 14.4 Å². The number of nitrogens with one attached hydrogen (secondary N) is 1. The Labute approximate surface area is 231 Å². The fraction of sp³-hybridized carbons (Fsp3) is 0.333. The molecule has 2 amide bonds. The van der Waals surface area contributed by atoms with Crippen molar-refractivity contribution in [3.63, 3.8) is 0 Å². The number of benzene rings is 3. The second kappa shape index (κ2) is 12.8. The van der Waals surface area contributed by atoms with Crippen molar-refractivity contribution >= 4 is 27.5 Å². The number of rotatable bonds is 11. The van der Waals surface area contributed by atoms with Crippen molar-refractivity contribution in [3.05, 3.63) is 89.0 Å². The van der Waals surface area contributed by atoms with Crippen LogP contribution in [0.2, 0.25) is 0 Å². The Hall–Kier alpha value is -3.85. The second-order valence-electron chi connectivity index (χ2n) is 9.45. The maximum absolute atomic E-state index is 14.0. The first kappa shape index (κ1) is 29.7. The molecule has 0 aliphatic heterocycles. The average Bonchev–Trinajstić information content (AvgIpc) is 2.93. The molecule has 3 rings (SSSR count). The van der Waals surface area contributed by atoms with Crippen molar-refractivity contribution in [1.82, 2.24) is 10.2 Å². The molecular weight excluding hydrogens is 514 g/mol. The van der Waals surface area contributed by atoms with Gasteiger partial charge in [0, 0.05) is 13.6 Å². The normalized spacial score (nSPS) is 11.9. The number of ether oxygens (including phenoxy) is 1. The lowest BCUT2D eigenvalue weighted by Gasteiger charge is -2.33. The smallest absolute Gasteiger partial charge is 0.264 e. The van der Waals surface area contributed by atoms with E-state index >= 15 is 0 Å². The molecule has 0 saturated heterocycles. The molecule has 1 atom stereocenters. The van der Waals surface area contributed by atoms with E-state index in [9.17, 15) is 18.0 Å². The van der Waals surface area contributed by atoms with Gasteiger partial charge in [-0.2, -0.15) is 0 Å². The number of aryl methyl sites for hydroxylation is 2. The fourth-order valence-electron chi connectivity index (χ4n) is 4.37. The Bertz CT molecular complexity index is 1400. The molecule has 0 fully saturated rings. The van der Waals surface area contributed by atoms with Gasteiger partial charge in [0.05, 0.1) is 17.7 Å². The lowest BCUT2D eigenvalue weighted by molar-refractivity contribution is -0.140. The van der Waals surface area contributed by atoms with Gasteiger partial charge in [-0.05, 0) is 74.2 Å². The third-order valence-corrected chi connectivity index (χ3v) is 8.65. The second-order valence-corrected chi connectivity index (χ2v) is 11.3. The molecule has 0 aromatic heterocycles. The largest absolute Gasteiger partial charge is 0.497 e. The molecular formula is C30H37N3O5S. The maximum atomic E-state index is 14.0. The number of hydrogen-bond acceptors (Lipinski definition) is 5. The van der Waals surface area contributed by atoms with E-state index < -0.39 is 28.5 Å². The van der Waals surface area contributed by atoms with Gasteiger partial charge in [0.1, 0.15) is 18.3 Å². The summed E-state index contributed by atoms with van der Waals surface area (Å²) >= 11 is 0. The van der Waals surface area contributed by atoms with Crippen LogP contribution in [0.15, 0.2) is 71.6 Å². The molecule has 0 bridgehead atoms. The Morgan fingerprint density at radius 3 is 2.15 bits per heavy atom. The Morgan fingerprint density at radius 1 is 0.949 bits per heavy atom. The molecule has 3 aromatic rings. The predicted molar refractivity (Wildman–Crippen MR) is 153 cm³/mol. The number of carbonyl (C=O) groups is 2. The van der Waals surface area contributed by atoms with Crippen LogP contribution in [0, 0.1) is 20.8 Å². The number of methoxy groups -OCH3 is 1. The SMILES string of the molecule is CC[C@@H](C(=O)NC)N(Cc1ccc(OC)cc1)C(=O)CN(c1cccc(C)c1C)S(=O)(=O)c1ccc(C)cc1. The fourth-order valence-corrected chi connectivity index (χ4v) is 5.84. The lowest BCUT2D eigenvalue weighted by Crippen LogP contribution is -2.51. The van der Waals surface area contributed by atoms with Crippen LogP contribution in [0.3, 0.4) is 0 Å². The number of likely N-dealkylation sites (N-methyl/N-ethyl adjacent to an activating group) is 1. The van der Waals surface area contributed by atoms with Gasteiger partial charge in [-0.25, -0.2) is 8.42 Å². The van der Waals surface area contributed by atoms with Crippen LogP contribution in [0.1, 0.15) is 35.6 Å².